The van der Waals surface area contributed by atoms with Gasteiger partial charge >= 0.3 is 5.97 Å². The fraction of sp³-hybridized carbons (Fsp3) is 0.231. The van der Waals surface area contributed by atoms with Crippen molar-refractivity contribution in [1.29, 1.82) is 0 Å². The predicted octanol–water partition coefficient (Wildman–Crippen LogP) is 3.22. The number of esters is 1. The van der Waals surface area contributed by atoms with Crippen LogP contribution >= 0.6 is 0 Å². The summed E-state index contributed by atoms with van der Waals surface area (Å²) in [6.07, 6.45) is 5.04. The van der Waals surface area contributed by atoms with E-state index in [1.165, 1.54) is 38.7 Å². The summed E-state index contributed by atoms with van der Waals surface area (Å²) in [5, 5.41) is 5.75. The number of carbonyl (C=O) groups is 2. The lowest BCUT2D eigenvalue weighted by atomic mass is 10.0. The Bertz CT molecular complexity index is 1510. The fourth-order valence-corrected chi connectivity index (χ4v) is 4.01. The maximum absolute atomic E-state index is 14.7. The number of imidazole rings is 1. The van der Waals surface area contributed by atoms with Gasteiger partial charge in [-0.2, -0.15) is 4.39 Å². The van der Waals surface area contributed by atoms with Crippen LogP contribution in [0.3, 0.4) is 0 Å². The third-order valence-corrected chi connectivity index (χ3v) is 5.99. The second kappa shape index (κ2) is 11.2. The van der Waals surface area contributed by atoms with Crippen LogP contribution in [0.5, 0.6) is 5.75 Å². The molecule has 4 N–H and O–H groups in total. The number of rotatable bonds is 9. The van der Waals surface area contributed by atoms with Gasteiger partial charge in [-0.15, -0.1) is 0 Å². The van der Waals surface area contributed by atoms with E-state index in [0.29, 0.717) is 40.4 Å². The van der Waals surface area contributed by atoms with E-state index in [9.17, 15) is 18.4 Å². The molecule has 10 nitrogen and oxygen atoms in total. The molecule has 12 heteroatoms. The number of amides is 1. The molecule has 0 fully saturated rings. The van der Waals surface area contributed by atoms with Gasteiger partial charge in [-0.05, 0) is 42.3 Å². The van der Waals surface area contributed by atoms with Crippen LogP contribution in [0.4, 0.5) is 20.3 Å². The summed E-state index contributed by atoms with van der Waals surface area (Å²) < 4.78 is 40.2. The number of nitrogens with one attached hydrogen (secondary N) is 2. The van der Waals surface area contributed by atoms with E-state index in [-0.39, 0.29) is 17.9 Å². The van der Waals surface area contributed by atoms with Gasteiger partial charge in [0.1, 0.15) is 6.04 Å². The highest BCUT2D eigenvalue weighted by Gasteiger charge is 2.22. The molecule has 0 bridgehead atoms. The van der Waals surface area contributed by atoms with Gasteiger partial charge in [0.05, 0.1) is 26.1 Å². The highest BCUT2D eigenvalue weighted by molar-refractivity contribution is 5.98. The van der Waals surface area contributed by atoms with Crippen LogP contribution in [0.25, 0.3) is 16.9 Å². The first kappa shape index (κ1) is 26.5. The highest BCUT2D eigenvalue weighted by atomic mass is 19.2. The maximum Gasteiger partial charge on any atom is 0.329 e. The third kappa shape index (κ3) is 4.98. The molecule has 4 aromatic rings. The van der Waals surface area contributed by atoms with E-state index in [1.807, 2.05) is 6.92 Å². The second-order valence-electron chi connectivity index (χ2n) is 8.19. The molecule has 0 aliphatic rings. The largest absolute Gasteiger partial charge is 0.494 e. The summed E-state index contributed by atoms with van der Waals surface area (Å²) in [5.41, 5.74) is 8.01. The molecule has 198 valence electrons. The summed E-state index contributed by atoms with van der Waals surface area (Å²) in [6, 6.07) is 6.87. The number of ether oxygens (including phenoxy) is 2. The van der Waals surface area contributed by atoms with Crippen molar-refractivity contribution >= 4 is 29.0 Å². The van der Waals surface area contributed by atoms with Gasteiger partial charge in [-0.25, -0.2) is 19.2 Å². The average Bonchev–Trinajstić information content (AvgIpc) is 3.37. The number of halogens is 2. The summed E-state index contributed by atoms with van der Waals surface area (Å²) in [7, 11) is 2.48. The minimum absolute atomic E-state index is 0.0133. The van der Waals surface area contributed by atoms with Crippen molar-refractivity contribution in [3.05, 3.63) is 71.7 Å². The first-order chi connectivity index (χ1) is 18.3. The molecule has 0 unspecified atom stereocenters. The molecule has 0 saturated carbocycles. The lowest BCUT2D eigenvalue weighted by molar-refractivity contribution is -0.142. The van der Waals surface area contributed by atoms with E-state index in [4.69, 9.17) is 10.5 Å². The van der Waals surface area contributed by atoms with E-state index in [0.717, 1.165) is 0 Å². The molecular formula is C26H26F2N6O4. The molecule has 0 aliphatic carbocycles. The van der Waals surface area contributed by atoms with Crippen molar-refractivity contribution in [2.45, 2.75) is 19.4 Å². The standard InChI is InChI=1S/C26H26F2N6O4/c1-4-14-11-15(5-6-16(14)25(35)33-18(12-29)26(36)38-3)32-23-24-31-13-19(34(24)10-9-30-23)17-7-8-20(37-2)22(28)21(17)27/h5-11,13,18H,4,12,29H2,1-3H3,(H,30,32)(H,33,35)/t18-/m1/s1. The Balaban J connectivity index is 1.63. The van der Waals surface area contributed by atoms with Gasteiger partial charge in [0.25, 0.3) is 5.91 Å². The Morgan fingerprint density at radius 3 is 2.61 bits per heavy atom. The first-order valence-electron chi connectivity index (χ1n) is 11.7. The molecule has 0 spiro atoms. The van der Waals surface area contributed by atoms with Crippen molar-refractivity contribution in [2.75, 3.05) is 26.1 Å². The van der Waals surface area contributed by atoms with Crippen LogP contribution in [0.1, 0.15) is 22.8 Å². The maximum atomic E-state index is 14.7. The number of hydrogen-bond acceptors (Lipinski definition) is 8. The van der Waals surface area contributed by atoms with Crippen molar-refractivity contribution in [3.63, 3.8) is 0 Å². The Kier molecular flexibility index (Phi) is 7.82. The van der Waals surface area contributed by atoms with E-state index >= 15 is 0 Å². The van der Waals surface area contributed by atoms with Crippen LogP contribution < -0.4 is 21.1 Å². The minimum Gasteiger partial charge on any atom is -0.494 e. The monoisotopic (exact) mass is 524 g/mol. The zero-order valence-electron chi connectivity index (χ0n) is 20.9. The van der Waals surface area contributed by atoms with Gasteiger partial charge in [0, 0.05) is 35.8 Å². The molecule has 0 radical (unpaired) electrons. The van der Waals surface area contributed by atoms with Crippen LogP contribution in [0.2, 0.25) is 0 Å². The van der Waals surface area contributed by atoms with Gasteiger partial charge in [-0.1, -0.05) is 6.92 Å². The second-order valence-corrected chi connectivity index (χ2v) is 8.19. The quantitative estimate of drug-likeness (QED) is 0.284. The number of carbonyl (C=O) groups excluding carboxylic acids is 2. The van der Waals surface area contributed by atoms with Crippen molar-refractivity contribution < 1.29 is 27.8 Å². The number of benzene rings is 2. The smallest absolute Gasteiger partial charge is 0.329 e. The topological polar surface area (TPSA) is 133 Å². The van der Waals surface area contributed by atoms with Crippen LogP contribution in [-0.2, 0) is 16.0 Å². The Hall–Kier alpha value is -4.58. The first-order valence-corrected chi connectivity index (χ1v) is 11.7. The summed E-state index contributed by atoms with van der Waals surface area (Å²) in [4.78, 5) is 33.3. The number of nitrogens with zero attached hydrogens (tertiary/aromatic N) is 3. The highest BCUT2D eigenvalue weighted by Crippen LogP contribution is 2.31. The molecule has 0 aliphatic heterocycles. The van der Waals surface area contributed by atoms with Crippen molar-refractivity contribution in [2.24, 2.45) is 5.73 Å². The molecular weight excluding hydrogens is 498 g/mol. The summed E-state index contributed by atoms with van der Waals surface area (Å²) >= 11 is 0. The van der Waals surface area contributed by atoms with Gasteiger partial charge < -0.3 is 25.8 Å². The van der Waals surface area contributed by atoms with Crippen LogP contribution in [0.15, 0.2) is 48.9 Å². The number of methoxy groups -OCH3 is 2. The molecule has 4 rings (SSSR count). The van der Waals surface area contributed by atoms with E-state index < -0.39 is 29.6 Å². The Morgan fingerprint density at radius 1 is 1.13 bits per heavy atom. The van der Waals surface area contributed by atoms with Crippen molar-refractivity contribution in [1.82, 2.24) is 19.7 Å². The number of nitrogens with two attached hydrogens (primary N) is 1. The lowest BCUT2D eigenvalue weighted by Gasteiger charge is -2.16. The summed E-state index contributed by atoms with van der Waals surface area (Å²) in [5.74, 6) is -3.07. The van der Waals surface area contributed by atoms with Gasteiger partial charge in [-0.3, -0.25) is 9.20 Å². The third-order valence-electron chi connectivity index (χ3n) is 5.99. The molecule has 2 aromatic carbocycles. The van der Waals surface area contributed by atoms with Gasteiger partial charge in [0.15, 0.2) is 23.0 Å². The molecule has 38 heavy (non-hydrogen) atoms. The average molecular weight is 525 g/mol. The van der Waals surface area contributed by atoms with E-state index in [1.54, 1.807) is 28.8 Å². The number of aryl methyl sites for hydroxylation is 1. The Morgan fingerprint density at radius 2 is 1.92 bits per heavy atom. The van der Waals surface area contributed by atoms with Crippen LogP contribution in [0, 0.1) is 11.6 Å². The van der Waals surface area contributed by atoms with Crippen LogP contribution in [-0.4, -0.2) is 53.1 Å². The molecule has 1 amide bonds. The molecule has 1 atom stereocenters. The zero-order valence-corrected chi connectivity index (χ0v) is 20.9. The number of hydrogen-bond donors (Lipinski definition) is 3. The summed E-state index contributed by atoms with van der Waals surface area (Å²) in [6.45, 7) is 1.79. The number of aromatic nitrogens is 3. The SMILES string of the molecule is CCc1cc(Nc2nccn3c(-c4ccc(OC)c(F)c4F)cnc23)ccc1C(=O)N[C@H](CN)C(=O)OC. The predicted molar refractivity (Wildman–Crippen MR) is 136 cm³/mol. The molecule has 2 aromatic heterocycles. The number of fused-ring (bicyclic) bond motifs is 1. The molecule has 0 saturated heterocycles. The minimum atomic E-state index is -1.09. The zero-order chi connectivity index (χ0) is 27.4. The van der Waals surface area contributed by atoms with Gasteiger partial charge in [0.2, 0.25) is 5.82 Å². The Labute approximate surface area is 216 Å². The fourth-order valence-electron chi connectivity index (χ4n) is 4.01. The normalized spacial score (nSPS) is 11.7. The van der Waals surface area contributed by atoms with Crippen molar-refractivity contribution in [3.8, 4) is 17.0 Å². The molecule has 2 heterocycles. The van der Waals surface area contributed by atoms with E-state index in [2.05, 4.69) is 25.3 Å². The number of anilines is 2. The lowest BCUT2D eigenvalue weighted by Crippen LogP contribution is -2.46.